The fourth-order valence-electron chi connectivity index (χ4n) is 3.12. The normalized spacial score (nSPS) is 23.8. The first-order valence-electron chi connectivity index (χ1n) is 7.89. The van der Waals surface area contributed by atoms with Crippen LogP contribution in [0.15, 0.2) is 0 Å². The Bertz CT molecular complexity index is 404. The van der Waals surface area contributed by atoms with Gasteiger partial charge in [0.25, 0.3) is 0 Å². The molecule has 1 aliphatic heterocycles. The van der Waals surface area contributed by atoms with Gasteiger partial charge in [0, 0.05) is 19.8 Å². The highest BCUT2D eigenvalue weighted by Crippen LogP contribution is 2.33. The van der Waals surface area contributed by atoms with Crippen LogP contribution in [0, 0.1) is 11.8 Å². The third-order valence-electron chi connectivity index (χ3n) is 4.18. The minimum absolute atomic E-state index is 0.0874. The van der Waals surface area contributed by atoms with E-state index in [1.54, 1.807) is 0 Å². The number of rotatable bonds is 7. The molecule has 1 saturated carbocycles. The first kappa shape index (κ1) is 15.9. The predicted molar refractivity (Wildman–Crippen MR) is 76.4 cm³/mol. The molecule has 2 rings (SSSR count). The van der Waals surface area contributed by atoms with Gasteiger partial charge in [0.15, 0.2) is 0 Å². The Morgan fingerprint density at radius 3 is 2.57 bits per heavy atom. The number of nitrogens with zero attached hydrogens (tertiary/aromatic N) is 1. The van der Waals surface area contributed by atoms with E-state index < -0.39 is 17.9 Å². The summed E-state index contributed by atoms with van der Waals surface area (Å²) in [6.45, 7) is 3.54. The van der Waals surface area contributed by atoms with E-state index in [0.29, 0.717) is 26.2 Å². The fraction of sp³-hybridized carbons (Fsp3) is 0.800. The Labute approximate surface area is 125 Å². The topological polar surface area (TPSA) is 75.7 Å². The summed E-state index contributed by atoms with van der Waals surface area (Å²) in [4.78, 5) is 37.4. The number of urea groups is 1. The van der Waals surface area contributed by atoms with Gasteiger partial charge in [-0.2, -0.15) is 0 Å². The summed E-state index contributed by atoms with van der Waals surface area (Å²) in [7, 11) is 0. The summed E-state index contributed by atoms with van der Waals surface area (Å²) >= 11 is 0. The monoisotopic (exact) mass is 296 g/mol. The van der Waals surface area contributed by atoms with E-state index >= 15 is 0 Å². The molecular formula is C15H24N2O4. The highest BCUT2D eigenvalue weighted by atomic mass is 16.5. The van der Waals surface area contributed by atoms with Crippen molar-refractivity contribution in [1.82, 2.24) is 10.2 Å². The Morgan fingerprint density at radius 1 is 1.19 bits per heavy atom. The number of carbonyl (C=O) groups excluding carboxylic acids is 3. The number of barbiturate groups is 1. The number of hydrogen-bond acceptors (Lipinski definition) is 4. The zero-order chi connectivity index (χ0) is 15.2. The highest BCUT2D eigenvalue weighted by Gasteiger charge is 2.44. The van der Waals surface area contributed by atoms with Crippen LogP contribution in [0.5, 0.6) is 0 Å². The van der Waals surface area contributed by atoms with Crippen LogP contribution < -0.4 is 5.32 Å². The summed E-state index contributed by atoms with van der Waals surface area (Å²) in [5.74, 6) is -1.34. The first-order chi connectivity index (χ1) is 10.1. The fourth-order valence-corrected chi connectivity index (χ4v) is 3.12. The van der Waals surface area contributed by atoms with Crippen LogP contribution in [0.25, 0.3) is 0 Å². The molecule has 1 N–H and O–H groups in total. The molecule has 118 valence electrons. The van der Waals surface area contributed by atoms with Crippen molar-refractivity contribution >= 4 is 17.8 Å². The third kappa shape index (κ3) is 3.81. The Hall–Kier alpha value is -1.43. The van der Waals surface area contributed by atoms with Crippen LogP contribution in [0.1, 0.15) is 45.4 Å². The zero-order valence-electron chi connectivity index (χ0n) is 12.6. The van der Waals surface area contributed by atoms with Crippen LogP contribution in [0.4, 0.5) is 4.79 Å². The molecule has 1 aliphatic carbocycles. The van der Waals surface area contributed by atoms with Gasteiger partial charge in [0.05, 0.1) is 0 Å². The van der Waals surface area contributed by atoms with Crippen molar-refractivity contribution in [3.8, 4) is 0 Å². The van der Waals surface area contributed by atoms with E-state index in [4.69, 9.17) is 4.74 Å². The van der Waals surface area contributed by atoms with Crippen LogP contribution in [-0.2, 0) is 14.3 Å². The molecule has 1 heterocycles. The number of carbonyl (C=O) groups is 3. The van der Waals surface area contributed by atoms with Crippen LogP contribution in [0.2, 0.25) is 0 Å². The Balaban J connectivity index is 1.91. The molecular weight excluding hydrogens is 272 g/mol. The molecule has 0 bridgehead atoms. The van der Waals surface area contributed by atoms with Gasteiger partial charge < -0.3 is 4.74 Å². The molecule has 2 fully saturated rings. The molecule has 0 aromatic heterocycles. The molecule has 4 amide bonds. The van der Waals surface area contributed by atoms with E-state index in [1.807, 2.05) is 6.92 Å². The molecule has 1 unspecified atom stereocenters. The average molecular weight is 296 g/mol. The lowest BCUT2D eigenvalue weighted by Crippen LogP contribution is -2.59. The summed E-state index contributed by atoms with van der Waals surface area (Å²) in [6.07, 6.45) is 5.45. The smallest absolute Gasteiger partial charge is 0.330 e. The number of hydrogen-bond donors (Lipinski definition) is 1. The second kappa shape index (κ2) is 7.54. The second-order valence-corrected chi connectivity index (χ2v) is 5.77. The second-order valence-electron chi connectivity index (χ2n) is 5.77. The van der Waals surface area contributed by atoms with Crippen molar-refractivity contribution in [2.24, 2.45) is 11.8 Å². The quantitative estimate of drug-likeness (QED) is 0.573. The first-order valence-corrected chi connectivity index (χ1v) is 7.89. The molecule has 0 aromatic carbocycles. The molecule has 0 radical (unpaired) electrons. The van der Waals surface area contributed by atoms with Crippen LogP contribution in [-0.4, -0.2) is 42.5 Å². The van der Waals surface area contributed by atoms with Crippen LogP contribution in [0.3, 0.4) is 0 Å². The predicted octanol–water partition coefficient (Wildman–Crippen LogP) is 1.69. The highest BCUT2D eigenvalue weighted by molar-refractivity contribution is 6.16. The molecule has 6 nitrogen and oxygen atoms in total. The van der Waals surface area contributed by atoms with E-state index in [9.17, 15) is 14.4 Å². The molecule has 1 saturated heterocycles. The summed E-state index contributed by atoms with van der Waals surface area (Å²) in [5, 5.41) is 2.33. The molecule has 1 atom stereocenters. The van der Waals surface area contributed by atoms with E-state index in [-0.39, 0.29) is 11.8 Å². The maximum Gasteiger partial charge on any atom is 0.330 e. The lowest BCUT2D eigenvalue weighted by atomic mass is 9.87. The van der Waals surface area contributed by atoms with E-state index in [0.717, 1.165) is 32.1 Å². The summed E-state index contributed by atoms with van der Waals surface area (Å²) in [5.41, 5.74) is 0. The number of imide groups is 2. The van der Waals surface area contributed by atoms with Gasteiger partial charge in [-0.05, 0) is 31.6 Å². The SMILES string of the molecule is CCCOCCCN1C(=O)NC(=O)C(C2CCCC2)C1=O. The minimum atomic E-state index is -0.679. The zero-order valence-corrected chi connectivity index (χ0v) is 12.6. The van der Waals surface area contributed by atoms with E-state index in [2.05, 4.69) is 5.32 Å². The van der Waals surface area contributed by atoms with Gasteiger partial charge in [-0.15, -0.1) is 0 Å². The van der Waals surface area contributed by atoms with Crippen molar-refractivity contribution in [1.29, 1.82) is 0 Å². The maximum atomic E-state index is 12.5. The van der Waals surface area contributed by atoms with Gasteiger partial charge in [0.2, 0.25) is 11.8 Å². The molecule has 2 aliphatic rings. The Morgan fingerprint density at radius 2 is 1.90 bits per heavy atom. The number of nitrogens with one attached hydrogen (secondary N) is 1. The largest absolute Gasteiger partial charge is 0.381 e. The lowest BCUT2D eigenvalue weighted by molar-refractivity contribution is -0.145. The molecule has 0 spiro atoms. The van der Waals surface area contributed by atoms with Gasteiger partial charge in [-0.1, -0.05) is 19.8 Å². The van der Waals surface area contributed by atoms with Crippen molar-refractivity contribution < 1.29 is 19.1 Å². The van der Waals surface area contributed by atoms with Gasteiger partial charge in [0.1, 0.15) is 5.92 Å². The van der Waals surface area contributed by atoms with Gasteiger partial charge >= 0.3 is 6.03 Å². The number of amides is 4. The lowest BCUT2D eigenvalue weighted by Gasteiger charge is -2.32. The van der Waals surface area contributed by atoms with Crippen molar-refractivity contribution in [2.45, 2.75) is 45.4 Å². The number of ether oxygens (including phenoxy) is 1. The van der Waals surface area contributed by atoms with E-state index in [1.165, 1.54) is 4.90 Å². The van der Waals surface area contributed by atoms with Crippen molar-refractivity contribution in [3.05, 3.63) is 0 Å². The standard InChI is InChI=1S/C15H24N2O4/c1-2-9-21-10-5-8-17-14(19)12(11-6-3-4-7-11)13(18)16-15(17)20/h11-12H,2-10H2,1H3,(H,16,18,20). The third-order valence-corrected chi connectivity index (χ3v) is 4.18. The van der Waals surface area contributed by atoms with Gasteiger partial charge in [-0.25, -0.2) is 4.79 Å². The minimum Gasteiger partial charge on any atom is -0.381 e. The molecule has 21 heavy (non-hydrogen) atoms. The summed E-state index contributed by atoms with van der Waals surface area (Å²) in [6, 6.07) is -0.588. The molecule has 0 aromatic rings. The maximum absolute atomic E-state index is 12.5. The molecule has 6 heteroatoms. The summed E-state index contributed by atoms with van der Waals surface area (Å²) < 4.78 is 5.36. The average Bonchev–Trinajstić information content (AvgIpc) is 2.95. The Kier molecular flexibility index (Phi) is 5.73. The van der Waals surface area contributed by atoms with Crippen molar-refractivity contribution in [3.63, 3.8) is 0 Å². The van der Waals surface area contributed by atoms with Crippen molar-refractivity contribution in [2.75, 3.05) is 19.8 Å². The van der Waals surface area contributed by atoms with Crippen LogP contribution >= 0.6 is 0 Å². The van der Waals surface area contributed by atoms with Gasteiger partial charge in [-0.3, -0.25) is 19.8 Å².